The number of nitrogens with zero attached hydrogens (tertiary/aromatic N) is 2. The zero-order chi connectivity index (χ0) is 22.9. The summed E-state index contributed by atoms with van der Waals surface area (Å²) in [5.41, 5.74) is 4.12. The van der Waals surface area contributed by atoms with Crippen molar-refractivity contribution < 1.29 is 18.7 Å². The monoisotopic (exact) mass is 441 g/mol. The maximum atomic E-state index is 14.2. The lowest BCUT2D eigenvalue weighted by atomic mass is 9.95. The molecular weight excluding hydrogens is 421 g/mol. The van der Waals surface area contributed by atoms with Crippen LogP contribution in [0.1, 0.15) is 44.9 Å². The van der Waals surface area contributed by atoms with Crippen LogP contribution in [0, 0.1) is 5.82 Å². The standard InChI is InChI=1S/C26H20FN3O3/c1-2-33-26(32)17-11-13-20(14-12-17)30-24(18-9-6-10-19(27)15-18)21-22(16-7-4-3-5-8-16)28-29-23(21)25(30)31/h3-15,24H,2H2,1H3,(H,28,29)/t24-/m0/s1. The summed E-state index contributed by atoms with van der Waals surface area (Å²) in [6, 6.07) is 21.8. The molecule has 1 aliphatic heterocycles. The lowest BCUT2D eigenvalue weighted by Crippen LogP contribution is -2.29. The van der Waals surface area contributed by atoms with Gasteiger partial charge in [-0.15, -0.1) is 0 Å². The molecule has 0 radical (unpaired) electrons. The first kappa shape index (κ1) is 20.6. The molecule has 0 unspecified atom stereocenters. The molecular formula is C26H20FN3O3. The van der Waals surface area contributed by atoms with Gasteiger partial charge in [-0.2, -0.15) is 5.10 Å². The van der Waals surface area contributed by atoms with Crippen LogP contribution in [-0.4, -0.2) is 28.7 Å². The summed E-state index contributed by atoms with van der Waals surface area (Å²) in [4.78, 5) is 27.1. The Labute approximate surface area is 189 Å². The highest BCUT2D eigenvalue weighted by Gasteiger charge is 2.43. The van der Waals surface area contributed by atoms with E-state index in [2.05, 4.69) is 10.2 Å². The van der Waals surface area contributed by atoms with Crippen molar-refractivity contribution in [2.75, 3.05) is 11.5 Å². The summed E-state index contributed by atoms with van der Waals surface area (Å²) in [5.74, 6) is -1.10. The third kappa shape index (κ3) is 3.57. The van der Waals surface area contributed by atoms with Gasteiger partial charge in [0.05, 0.1) is 23.9 Å². The molecule has 0 spiro atoms. The Bertz CT molecular complexity index is 1330. The summed E-state index contributed by atoms with van der Waals surface area (Å²) >= 11 is 0. The minimum Gasteiger partial charge on any atom is -0.462 e. The second-order valence-corrected chi connectivity index (χ2v) is 7.63. The number of fused-ring (bicyclic) bond motifs is 1. The fourth-order valence-electron chi connectivity index (χ4n) is 4.19. The zero-order valence-electron chi connectivity index (χ0n) is 17.8. The molecule has 1 atom stereocenters. The average molecular weight is 441 g/mol. The Morgan fingerprint density at radius 2 is 1.82 bits per heavy atom. The molecule has 0 bridgehead atoms. The minimum atomic E-state index is -0.592. The van der Waals surface area contributed by atoms with Gasteiger partial charge >= 0.3 is 5.97 Å². The van der Waals surface area contributed by atoms with Gasteiger partial charge in [0.25, 0.3) is 5.91 Å². The molecule has 1 aromatic heterocycles. The van der Waals surface area contributed by atoms with Gasteiger partial charge in [0.1, 0.15) is 11.5 Å². The number of H-pyrrole nitrogens is 1. The van der Waals surface area contributed by atoms with E-state index in [1.807, 2.05) is 30.3 Å². The molecule has 164 valence electrons. The SMILES string of the molecule is CCOC(=O)c1ccc(N2C(=O)c3[nH]nc(-c4ccccc4)c3[C@@H]2c2cccc(F)c2)cc1. The maximum Gasteiger partial charge on any atom is 0.338 e. The van der Waals surface area contributed by atoms with Crippen LogP contribution in [0.25, 0.3) is 11.3 Å². The van der Waals surface area contributed by atoms with Crippen LogP contribution < -0.4 is 4.90 Å². The molecule has 0 saturated carbocycles. The van der Waals surface area contributed by atoms with Crippen molar-refractivity contribution in [1.29, 1.82) is 0 Å². The van der Waals surface area contributed by atoms with E-state index in [4.69, 9.17) is 4.74 Å². The number of aromatic nitrogens is 2. The first-order chi connectivity index (χ1) is 16.1. The Balaban J connectivity index is 1.64. The Hall–Kier alpha value is -4.26. The van der Waals surface area contributed by atoms with Crippen molar-refractivity contribution in [2.45, 2.75) is 13.0 Å². The predicted octanol–water partition coefficient (Wildman–Crippen LogP) is 5.14. The topological polar surface area (TPSA) is 75.3 Å². The maximum absolute atomic E-state index is 14.2. The largest absolute Gasteiger partial charge is 0.462 e. The summed E-state index contributed by atoms with van der Waals surface area (Å²) < 4.78 is 19.3. The lowest BCUT2D eigenvalue weighted by Gasteiger charge is -2.26. The van der Waals surface area contributed by atoms with Crippen LogP contribution in [0.3, 0.4) is 0 Å². The number of hydrogen-bond donors (Lipinski definition) is 1. The van der Waals surface area contributed by atoms with Crippen molar-refractivity contribution in [3.8, 4) is 11.3 Å². The number of carbonyl (C=O) groups excluding carboxylic acids is 2. The molecule has 6 nitrogen and oxygen atoms in total. The van der Waals surface area contributed by atoms with E-state index in [0.29, 0.717) is 33.8 Å². The van der Waals surface area contributed by atoms with Gasteiger partial charge in [-0.25, -0.2) is 9.18 Å². The van der Waals surface area contributed by atoms with Crippen LogP contribution in [0.5, 0.6) is 0 Å². The van der Waals surface area contributed by atoms with Crippen LogP contribution in [-0.2, 0) is 4.74 Å². The molecule has 33 heavy (non-hydrogen) atoms. The summed E-state index contributed by atoms with van der Waals surface area (Å²) in [7, 11) is 0. The van der Waals surface area contributed by atoms with Crippen molar-refractivity contribution in [3.05, 3.63) is 107 Å². The van der Waals surface area contributed by atoms with Gasteiger partial charge in [0.2, 0.25) is 0 Å². The number of carbonyl (C=O) groups is 2. The highest BCUT2D eigenvalue weighted by atomic mass is 19.1. The van der Waals surface area contributed by atoms with E-state index in [0.717, 1.165) is 5.56 Å². The van der Waals surface area contributed by atoms with Crippen LogP contribution >= 0.6 is 0 Å². The number of esters is 1. The second-order valence-electron chi connectivity index (χ2n) is 7.63. The van der Waals surface area contributed by atoms with Crippen LogP contribution in [0.4, 0.5) is 10.1 Å². The fraction of sp³-hybridized carbons (Fsp3) is 0.115. The van der Waals surface area contributed by atoms with E-state index < -0.39 is 17.8 Å². The number of rotatable bonds is 5. The lowest BCUT2D eigenvalue weighted by molar-refractivity contribution is 0.0526. The minimum absolute atomic E-state index is 0.275. The van der Waals surface area contributed by atoms with Gasteiger partial charge in [0.15, 0.2) is 0 Å². The van der Waals surface area contributed by atoms with Crippen molar-refractivity contribution in [3.63, 3.8) is 0 Å². The van der Waals surface area contributed by atoms with Crippen molar-refractivity contribution >= 4 is 17.6 Å². The number of anilines is 1. The van der Waals surface area contributed by atoms with E-state index in [9.17, 15) is 14.0 Å². The number of aromatic amines is 1. The zero-order valence-corrected chi connectivity index (χ0v) is 17.8. The summed E-state index contributed by atoms with van der Waals surface area (Å²) in [5, 5.41) is 7.30. The third-order valence-electron chi connectivity index (χ3n) is 5.64. The molecule has 0 aliphatic carbocycles. The predicted molar refractivity (Wildman–Crippen MR) is 121 cm³/mol. The number of ether oxygens (including phenoxy) is 1. The molecule has 7 heteroatoms. The van der Waals surface area contributed by atoms with Crippen molar-refractivity contribution in [1.82, 2.24) is 10.2 Å². The Morgan fingerprint density at radius 3 is 2.52 bits per heavy atom. The molecule has 1 amide bonds. The summed E-state index contributed by atoms with van der Waals surface area (Å²) in [6.07, 6.45) is 0. The van der Waals surface area contributed by atoms with E-state index in [-0.39, 0.29) is 12.5 Å². The van der Waals surface area contributed by atoms with E-state index in [1.54, 1.807) is 48.2 Å². The first-order valence-electron chi connectivity index (χ1n) is 10.6. The molecule has 3 aromatic carbocycles. The van der Waals surface area contributed by atoms with Gasteiger partial charge < -0.3 is 4.74 Å². The van der Waals surface area contributed by atoms with Gasteiger partial charge in [-0.3, -0.25) is 14.8 Å². The van der Waals surface area contributed by atoms with Crippen LogP contribution in [0.2, 0.25) is 0 Å². The Morgan fingerprint density at radius 1 is 1.06 bits per heavy atom. The number of nitrogens with one attached hydrogen (secondary N) is 1. The van der Waals surface area contributed by atoms with Gasteiger partial charge in [-0.1, -0.05) is 42.5 Å². The second kappa shape index (κ2) is 8.35. The number of benzene rings is 3. The summed E-state index contributed by atoms with van der Waals surface area (Å²) in [6.45, 7) is 2.02. The molecule has 4 aromatic rings. The van der Waals surface area contributed by atoms with Gasteiger partial charge in [-0.05, 0) is 48.9 Å². The quantitative estimate of drug-likeness (QED) is 0.435. The normalized spacial score (nSPS) is 14.9. The molecule has 5 rings (SSSR count). The molecule has 0 fully saturated rings. The Kier molecular flexibility index (Phi) is 5.22. The third-order valence-corrected chi connectivity index (χ3v) is 5.64. The number of hydrogen-bond acceptors (Lipinski definition) is 4. The first-order valence-corrected chi connectivity index (χ1v) is 10.6. The molecule has 2 heterocycles. The van der Waals surface area contributed by atoms with E-state index in [1.165, 1.54) is 12.1 Å². The number of amides is 1. The molecule has 0 saturated heterocycles. The van der Waals surface area contributed by atoms with Gasteiger partial charge in [0, 0.05) is 16.8 Å². The average Bonchev–Trinajstić information content (AvgIpc) is 3.39. The fourth-order valence-corrected chi connectivity index (χ4v) is 4.19. The molecule has 1 N–H and O–H groups in total. The molecule has 1 aliphatic rings. The van der Waals surface area contributed by atoms with Crippen LogP contribution in [0.15, 0.2) is 78.9 Å². The van der Waals surface area contributed by atoms with Crippen molar-refractivity contribution in [2.24, 2.45) is 0 Å². The van der Waals surface area contributed by atoms with E-state index >= 15 is 0 Å². The highest BCUT2D eigenvalue weighted by Crippen LogP contribution is 2.45. The highest BCUT2D eigenvalue weighted by molar-refractivity contribution is 6.11. The smallest absolute Gasteiger partial charge is 0.338 e. The number of halogens is 1.